The number of hydrogen-bond acceptors (Lipinski definition) is 4. The highest BCUT2D eigenvalue weighted by molar-refractivity contribution is 7.92. The summed E-state index contributed by atoms with van der Waals surface area (Å²) in [6, 6.07) is 11.8. The molecular formula is C24H24N2O4S. The fraction of sp³-hybridized carbons (Fsp3) is 0.208. The van der Waals surface area contributed by atoms with Crippen LogP contribution in [0, 0.1) is 34.6 Å². The molecule has 160 valence electrons. The lowest BCUT2D eigenvalue weighted by Crippen LogP contribution is -2.18. The van der Waals surface area contributed by atoms with Crippen LogP contribution in [0.5, 0.6) is 11.5 Å². The molecule has 3 aromatic rings. The van der Waals surface area contributed by atoms with Gasteiger partial charge in [-0.05, 0) is 92.8 Å². The van der Waals surface area contributed by atoms with Gasteiger partial charge in [0.25, 0.3) is 15.9 Å². The van der Waals surface area contributed by atoms with Gasteiger partial charge in [-0.2, -0.15) is 0 Å². The Bertz CT molecular complexity index is 1310. The number of para-hydroxylation sites is 2. The maximum Gasteiger partial charge on any atom is 0.262 e. The molecule has 0 unspecified atom stereocenters. The third-order valence-corrected chi connectivity index (χ3v) is 7.69. The van der Waals surface area contributed by atoms with E-state index in [1.807, 2.05) is 40.7 Å². The van der Waals surface area contributed by atoms with Gasteiger partial charge in [-0.15, -0.1) is 0 Å². The van der Waals surface area contributed by atoms with E-state index in [0.29, 0.717) is 17.2 Å². The molecule has 2 N–H and O–H groups in total. The van der Waals surface area contributed by atoms with Crippen molar-refractivity contribution < 1.29 is 17.9 Å². The number of fused-ring (bicyclic) bond motifs is 2. The summed E-state index contributed by atoms with van der Waals surface area (Å²) in [5.74, 6) is 0.523. The second-order valence-corrected chi connectivity index (χ2v) is 9.44. The van der Waals surface area contributed by atoms with Crippen molar-refractivity contribution in [3.8, 4) is 11.5 Å². The van der Waals surface area contributed by atoms with Crippen molar-refractivity contribution in [3.63, 3.8) is 0 Å². The van der Waals surface area contributed by atoms with E-state index in [1.54, 1.807) is 30.3 Å². The van der Waals surface area contributed by atoms with E-state index in [0.717, 1.165) is 27.8 Å². The molecule has 0 radical (unpaired) electrons. The molecule has 0 aromatic heterocycles. The van der Waals surface area contributed by atoms with Crippen LogP contribution in [-0.2, 0) is 10.0 Å². The number of hydrogen-bond donors (Lipinski definition) is 2. The van der Waals surface area contributed by atoms with Crippen molar-refractivity contribution in [2.24, 2.45) is 0 Å². The van der Waals surface area contributed by atoms with Crippen LogP contribution in [-0.4, -0.2) is 14.3 Å². The molecule has 6 nitrogen and oxygen atoms in total. The van der Waals surface area contributed by atoms with Gasteiger partial charge < -0.3 is 10.1 Å². The summed E-state index contributed by atoms with van der Waals surface area (Å²) in [6.07, 6.45) is 0. The van der Waals surface area contributed by atoms with E-state index in [-0.39, 0.29) is 22.1 Å². The number of rotatable bonds is 3. The second kappa shape index (κ2) is 7.42. The predicted molar refractivity (Wildman–Crippen MR) is 122 cm³/mol. The molecule has 0 spiro atoms. The van der Waals surface area contributed by atoms with Crippen LogP contribution in [0.25, 0.3) is 0 Å². The Morgan fingerprint density at radius 2 is 1.42 bits per heavy atom. The highest BCUT2D eigenvalue weighted by atomic mass is 32.2. The zero-order valence-electron chi connectivity index (χ0n) is 18.1. The summed E-state index contributed by atoms with van der Waals surface area (Å²) >= 11 is 0. The monoisotopic (exact) mass is 436 g/mol. The van der Waals surface area contributed by atoms with Crippen LogP contribution in [0.4, 0.5) is 11.4 Å². The number of carbonyl (C=O) groups excluding carboxylic acids is 1. The van der Waals surface area contributed by atoms with Crippen molar-refractivity contribution in [3.05, 3.63) is 75.8 Å². The van der Waals surface area contributed by atoms with Crippen molar-refractivity contribution in [1.82, 2.24) is 0 Å². The van der Waals surface area contributed by atoms with Gasteiger partial charge in [0.15, 0.2) is 5.75 Å². The maximum absolute atomic E-state index is 13.3. The molecular weight excluding hydrogens is 412 g/mol. The largest absolute Gasteiger partial charge is 0.454 e. The quantitative estimate of drug-likeness (QED) is 0.577. The van der Waals surface area contributed by atoms with Crippen LogP contribution in [0.15, 0.2) is 47.4 Å². The zero-order valence-corrected chi connectivity index (χ0v) is 18.9. The molecule has 1 heterocycles. The number of amides is 1. The Balaban J connectivity index is 1.74. The van der Waals surface area contributed by atoms with Gasteiger partial charge in [0.2, 0.25) is 0 Å². The number of benzene rings is 3. The van der Waals surface area contributed by atoms with Crippen molar-refractivity contribution in [2.45, 2.75) is 39.5 Å². The lowest BCUT2D eigenvalue weighted by atomic mass is 9.95. The minimum atomic E-state index is -3.87. The van der Waals surface area contributed by atoms with Gasteiger partial charge in [-0.25, -0.2) is 8.42 Å². The summed E-state index contributed by atoms with van der Waals surface area (Å²) in [6.45, 7) is 9.49. The molecule has 0 saturated carbocycles. The van der Waals surface area contributed by atoms with Gasteiger partial charge in [0.05, 0.1) is 16.1 Å². The molecule has 0 fully saturated rings. The average molecular weight is 437 g/mol. The molecule has 0 saturated heterocycles. The van der Waals surface area contributed by atoms with Gasteiger partial charge in [-0.1, -0.05) is 12.1 Å². The summed E-state index contributed by atoms with van der Waals surface area (Å²) in [4.78, 5) is 13.0. The van der Waals surface area contributed by atoms with Crippen LogP contribution >= 0.6 is 0 Å². The Morgan fingerprint density at radius 1 is 0.806 bits per heavy atom. The third-order valence-electron chi connectivity index (χ3n) is 6.03. The number of ether oxygens (including phenoxy) is 1. The van der Waals surface area contributed by atoms with Crippen LogP contribution in [0.2, 0.25) is 0 Å². The van der Waals surface area contributed by atoms with E-state index in [2.05, 4.69) is 10.0 Å². The molecule has 4 rings (SSSR count). The highest BCUT2D eigenvalue weighted by Gasteiger charge is 2.26. The maximum atomic E-state index is 13.3. The molecule has 7 heteroatoms. The Hall–Kier alpha value is -3.32. The van der Waals surface area contributed by atoms with Gasteiger partial charge >= 0.3 is 0 Å². The lowest BCUT2D eigenvalue weighted by molar-refractivity contribution is 0.102. The standard InChI is InChI=1S/C24H24N2O4S/c1-13-14(2)16(4)23(17(5)15(13)3)31(28,29)26-18-10-11-21-19(12-18)24(27)25-20-8-6-7-9-22(20)30-21/h6-12,26H,1-5H3,(H,25,27). The normalized spacial score (nSPS) is 12.9. The number of nitrogens with one attached hydrogen (secondary N) is 2. The predicted octanol–water partition coefficient (Wildman–Crippen LogP) is 5.39. The minimum absolute atomic E-state index is 0.251. The molecule has 0 bridgehead atoms. The second-order valence-electron chi connectivity index (χ2n) is 7.82. The highest BCUT2D eigenvalue weighted by Crippen LogP contribution is 2.37. The van der Waals surface area contributed by atoms with E-state index in [1.165, 1.54) is 6.07 Å². The van der Waals surface area contributed by atoms with E-state index in [9.17, 15) is 13.2 Å². The van der Waals surface area contributed by atoms with Crippen LogP contribution in [0.1, 0.15) is 38.2 Å². The van der Waals surface area contributed by atoms with Crippen molar-refractivity contribution >= 4 is 27.3 Å². The molecule has 0 aliphatic carbocycles. The topological polar surface area (TPSA) is 84.5 Å². The first-order valence-corrected chi connectivity index (χ1v) is 11.4. The molecule has 1 amide bonds. The Kier molecular flexibility index (Phi) is 5.01. The number of anilines is 2. The molecule has 1 aliphatic heterocycles. The smallest absolute Gasteiger partial charge is 0.262 e. The summed E-state index contributed by atoms with van der Waals surface area (Å²) < 4.78 is 35.1. The summed E-state index contributed by atoms with van der Waals surface area (Å²) in [5, 5.41) is 2.80. The first-order valence-electron chi connectivity index (χ1n) is 9.92. The fourth-order valence-electron chi connectivity index (χ4n) is 3.90. The number of carbonyl (C=O) groups is 1. The zero-order chi connectivity index (χ0) is 22.5. The van der Waals surface area contributed by atoms with E-state index in [4.69, 9.17) is 4.74 Å². The number of sulfonamides is 1. The average Bonchev–Trinajstić information content (AvgIpc) is 2.86. The minimum Gasteiger partial charge on any atom is -0.454 e. The first-order chi connectivity index (χ1) is 14.6. The Morgan fingerprint density at radius 3 is 2.10 bits per heavy atom. The summed E-state index contributed by atoms with van der Waals surface area (Å²) in [5.41, 5.74) is 5.54. The van der Waals surface area contributed by atoms with Gasteiger partial charge in [-0.3, -0.25) is 9.52 Å². The fourth-order valence-corrected chi connectivity index (χ4v) is 5.55. The SMILES string of the molecule is Cc1c(C)c(C)c(S(=O)(=O)Nc2ccc3c(c2)C(=O)Nc2ccccc2O3)c(C)c1C. The molecule has 3 aromatic carbocycles. The summed E-state index contributed by atoms with van der Waals surface area (Å²) in [7, 11) is -3.87. The third kappa shape index (κ3) is 3.55. The van der Waals surface area contributed by atoms with Gasteiger partial charge in [0.1, 0.15) is 5.75 Å². The van der Waals surface area contributed by atoms with Gasteiger partial charge in [0, 0.05) is 5.69 Å². The van der Waals surface area contributed by atoms with Crippen molar-refractivity contribution in [1.29, 1.82) is 0 Å². The van der Waals surface area contributed by atoms with Crippen molar-refractivity contribution in [2.75, 3.05) is 10.0 Å². The Labute approximate surface area is 182 Å². The van der Waals surface area contributed by atoms with Crippen LogP contribution in [0.3, 0.4) is 0 Å². The molecule has 31 heavy (non-hydrogen) atoms. The molecule has 0 atom stereocenters. The first kappa shape index (κ1) is 20.9. The van der Waals surface area contributed by atoms with E-state index >= 15 is 0 Å². The molecule has 1 aliphatic rings. The van der Waals surface area contributed by atoms with Crippen LogP contribution < -0.4 is 14.8 Å². The lowest BCUT2D eigenvalue weighted by Gasteiger charge is -2.19. The van der Waals surface area contributed by atoms with E-state index < -0.39 is 10.0 Å².